The van der Waals surface area contributed by atoms with Gasteiger partial charge in [0.1, 0.15) is 17.7 Å². The second kappa shape index (κ2) is 7.00. The van der Waals surface area contributed by atoms with Crippen molar-refractivity contribution in [3.05, 3.63) is 59.7 Å². The third kappa shape index (κ3) is 4.35. The fraction of sp³-hybridized carbons (Fsp3) is 0.176. The molecule has 6 heteroatoms. The smallest absolute Gasteiger partial charge is 0.246 e. The summed E-state index contributed by atoms with van der Waals surface area (Å²) in [5, 5.41) is 5.24. The molecule has 0 aliphatic carbocycles. The Morgan fingerprint density at radius 3 is 2.52 bits per heavy atom. The fourth-order valence-electron chi connectivity index (χ4n) is 1.98. The lowest BCUT2D eigenvalue weighted by atomic mass is 10.1. The van der Waals surface area contributed by atoms with E-state index in [-0.39, 0.29) is 11.5 Å². The first-order valence-corrected chi connectivity index (χ1v) is 7.00. The van der Waals surface area contributed by atoms with Crippen molar-refractivity contribution < 1.29 is 18.4 Å². The summed E-state index contributed by atoms with van der Waals surface area (Å²) in [6.07, 6.45) is 0. The number of hydrogen-bond acceptors (Lipinski definition) is 3. The van der Waals surface area contributed by atoms with Crippen molar-refractivity contribution in [2.45, 2.75) is 19.9 Å². The Bertz CT molecular complexity index is 747. The van der Waals surface area contributed by atoms with Gasteiger partial charge in [0.25, 0.3) is 0 Å². The third-order valence-corrected chi connectivity index (χ3v) is 3.23. The molecule has 0 aliphatic rings. The molecular formula is C17H16F2N2O2. The van der Waals surface area contributed by atoms with Crippen LogP contribution in [0.5, 0.6) is 0 Å². The van der Waals surface area contributed by atoms with Crippen molar-refractivity contribution in [1.29, 1.82) is 0 Å². The van der Waals surface area contributed by atoms with Gasteiger partial charge in [-0.25, -0.2) is 8.78 Å². The summed E-state index contributed by atoms with van der Waals surface area (Å²) in [6.45, 7) is 3.02. The monoisotopic (exact) mass is 318 g/mol. The molecule has 0 aliphatic heterocycles. The molecule has 120 valence electrons. The molecular weight excluding hydrogens is 302 g/mol. The molecule has 2 rings (SSSR count). The van der Waals surface area contributed by atoms with Crippen molar-refractivity contribution in [2.75, 3.05) is 10.6 Å². The Labute approximate surface area is 132 Å². The molecule has 2 aromatic rings. The predicted molar refractivity (Wildman–Crippen MR) is 84.5 cm³/mol. The van der Waals surface area contributed by atoms with Crippen LogP contribution in [0.15, 0.2) is 42.5 Å². The summed E-state index contributed by atoms with van der Waals surface area (Å²) in [7, 11) is 0. The maximum absolute atomic E-state index is 13.5. The van der Waals surface area contributed by atoms with Gasteiger partial charge in [-0.1, -0.05) is 12.1 Å². The van der Waals surface area contributed by atoms with Gasteiger partial charge in [-0.3, -0.25) is 9.59 Å². The Morgan fingerprint density at radius 1 is 1.09 bits per heavy atom. The van der Waals surface area contributed by atoms with Crippen molar-refractivity contribution in [2.24, 2.45) is 0 Å². The van der Waals surface area contributed by atoms with E-state index in [9.17, 15) is 18.4 Å². The molecule has 1 atom stereocenters. The van der Waals surface area contributed by atoms with Gasteiger partial charge in [-0.15, -0.1) is 0 Å². The number of ketones is 1. The number of carbonyl (C=O) groups excluding carboxylic acids is 2. The summed E-state index contributed by atoms with van der Waals surface area (Å²) < 4.78 is 26.6. The second-order valence-electron chi connectivity index (χ2n) is 5.12. The standard InChI is InChI=1S/C17H16F2N2O2/c1-10(20-14-5-3-4-12(8-14)11(2)22)17(23)21-16-9-13(18)6-7-15(16)19/h3-10,20H,1-2H3,(H,21,23)/t10-/m0/s1. The number of benzene rings is 2. The van der Waals surface area contributed by atoms with Crippen molar-refractivity contribution in [1.82, 2.24) is 0 Å². The molecule has 2 N–H and O–H groups in total. The van der Waals surface area contributed by atoms with E-state index in [1.54, 1.807) is 31.2 Å². The van der Waals surface area contributed by atoms with E-state index in [1.807, 2.05) is 0 Å². The van der Waals surface area contributed by atoms with Gasteiger partial charge in [0.15, 0.2) is 5.78 Å². The van der Waals surface area contributed by atoms with Crippen LogP contribution in [0, 0.1) is 11.6 Å². The van der Waals surface area contributed by atoms with Gasteiger partial charge >= 0.3 is 0 Å². The molecule has 23 heavy (non-hydrogen) atoms. The Hall–Kier alpha value is -2.76. The summed E-state index contributed by atoms with van der Waals surface area (Å²) in [5.74, 6) is -1.97. The van der Waals surface area contributed by atoms with Crippen molar-refractivity contribution in [3.63, 3.8) is 0 Å². The van der Waals surface area contributed by atoms with E-state index in [0.717, 1.165) is 18.2 Å². The normalized spacial score (nSPS) is 11.7. The first-order valence-electron chi connectivity index (χ1n) is 7.00. The van der Waals surface area contributed by atoms with Crippen LogP contribution in [0.3, 0.4) is 0 Å². The van der Waals surface area contributed by atoms with Gasteiger partial charge in [0.05, 0.1) is 5.69 Å². The number of hydrogen-bond donors (Lipinski definition) is 2. The minimum absolute atomic E-state index is 0.0902. The predicted octanol–water partition coefficient (Wildman–Crippen LogP) is 3.61. The lowest BCUT2D eigenvalue weighted by Crippen LogP contribution is -2.32. The Balaban J connectivity index is 2.07. The van der Waals surface area contributed by atoms with Crippen LogP contribution >= 0.6 is 0 Å². The number of Topliss-reactive ketones (excluding diaryl/α,β-unsaturated/α-hetero) is 1. The second-order valence-corrected chi connectivity index (χ2v) is 5.12. The zero-order valence-corrected chi connectivity index (χ0v) is 12.7. The number of anilines is 2. The fourth-order valence-corrected chi connectivity index (χ4v) is 1.98. The van der Waals surface area contributed by atoms with Crippen LogP contribution in [0.25, 0.3) is 0 Å². The number of carbonyl (C=O) groups is 2. The van der Waals surface area contributed by atoms with E-state index >= 15 is 0 Å². The molecule has 0 aromatic heterocycles. The van der Waals surface area contributed by atoms with Gasteiger partial charge in [-0.2, -0.15) is 0 Å². The van der Waals surface area contributed by atoms with Gasteiger partial charge in [0, 0.05) is 17.3 Å². The highest BCUT2D eigenvalue weighted by Crippen LogP contribution is 2.17. The molecule has 0 bridgehead atoms. The highest BCUT2D eigenvalue weighted by Gasteiger charge is 2.15. The lowest BCUT2D eigenvalue weighted by Gasteiger charge is -2.16. The van der Waals surface area contributed by atoms with E-state index in [4.69, 9.17) is 0 Å². The average molecular weight is 318 g/mol. The van der Waals surface area contributed by atoms with Crippen LogP contribution in [0.4, 0.5) is 20.2 Å². The number of amides is 1. The third-order valence-electron chi connectivity index (χ3n) is 3.23. The molecule has 0 unspecified atom stereocenters. The zero-order chi connectivity index (χ0) is 17.0. The average Bonchev–Trinajstić information content (AvgIpc) is 2.51. The number of halogens is 2. The zero-order valence-electron chi connectivity index (χ0n) is 12.7. The molecule has 0 saturated heterocycles. The van der Waals surface area contributed by atoms with Crippen LogP contribution in [-0.4, -0.2) is 17.7 Å². The minimum atomic E-state index is -0.717. The number of nitrogens with one attached hydrogen (secondary N) is 2. The van der Waals surface area contributed by atoms with Crippen molar-refractivity contribution >= 4 is 23.1 Å². The highest BCUT2D eigenvalue weighted by molar-refractivity contribution is 5.97. The van der Waals surface area contributed by atoms with Gasteiger partial charge in [-0.05, 0) is 38.1 Å². The Kier molecular flexibility index (Phi) is 5.05. The van der Waals surface area contributed by atoms with Crippen molar-refractivity contribution in [3.8, 4) is 0 Å². The Morgan fingerprint density at radius 2 is 1.83 bits per heavy atom. The van der Waals surface area contributed by atoms with Gasteiger partial charge < -0.3 is 10.6 Å². The minimum Gasteiger partial charge on any atom is -0.374 e. The quantitative estimate of drug-likeness (QED) is 0.828. The molecule has 0 spiro atoms. The maximum Gasteiger partial charge on any atom is 0.246 e. The first-order chi connectivity index (χ1) is 10.9. The van der Waals surface area contributed by atoms with Crippen LogP contribution < -0.4 is 10.6 Å². The van der Waals surface area contributed by atoms with Crippen LogP contribution in [-0.2, 0) is 4.79 Å². The van der Waals surface area contributed by atoms with E-state index in [0.29, 0.717) is 11.3 Å². The van der Waals surface area contributed by atoms with E-state index in [2.05, 4.69) is 10.6 Å². The van der Waals surface area contributed by atoms with E-state index in [1.165, 1.54) is 6.92 Å². The molecule has 0 saturated carbocycles. The van der Waals surface area contributed by atoms with Gasteiger partial charge in [0.2, 0.25) is 5.91 Å². The summed E-state index contributed by atoms with van der Waals surface area (Å²) in [6, 6.07) is 8.81. The molecule has 0 radical (unpaired) electrons. The summed E-state index contributed by atoms with van der Waals surface area (Å²) in [5.41, 5.74) is 0.875. The lowest BCUT2D eigenvalue weighted by molar-refractivity contribution is -0.116. The topological polar surface area (TPSA) is 58.2 Å². The number of rotatable bonds is 5. The molecule has 0 fully saturated rings. The first kappa shape index (κ1) is 16.6. The van der Waals surface area contributed by atoms with Crippen LogP contribution in [0.2, 0.25) is 0 Å². The highest BCUT2D eigenvalue weighted by atomic mass is 19.1. The molecule has 4 nitrogen and oxygen atoms in total. The van der Waals surface area contributed by atoms with Crippen LogP contribution in [0.1, 0.15) is 24.2 Å². The molecule has 2 aromatic carbocycles. The largest absolute Gasteiger partial charge is 0.374 e. The summed E-state index contributed by atoms with van der Waals surface area (Å²) >= 11 is 0. The molecule has 1 amide bonds. The summed E-state index contributed by atoms with van der Waals surface area (Å²) in [4.78, 5) is 23.4. The van der Waals surface area contributed by atoms with E-state index < -0.39 is 23.6 Å². The maximum atomic E-state index is 13.5. The molecule has 0 heterocycles. The SMILES string of the molecule is CC(=O)c1cccc(N[C@@H](C)C(=O)Nc2cc(F)ccc2F)c1.